The Morgan fingerprint density at radius 3 is 2.89 bits per heavy atom. The first-order valence-corrected chi connectivity index (χ1v) is 6.62. The summed E-state index contributed by atoms with van der Waals surface area (Å²) in [4.78, 5) is 6.53. The molecule has 18 heavy (non-hydrogen) atoms. The van der Waals surface area contributed by atoms with Crippen LogP contribution in [0.15, 0.2) is 18.3 Å². The summed E-state index contributed by atoms with van der Waals surface area (Å²) in [6.45, 7) is 6.06. The van der Waals surface area contributed by atoms with Crippen molar-refractivity contribution in [1.29, 1.82) is 0 Å². The fourth-order valence-corrected chi connectivity index (χ4v) is 1.58. The van der Waals surface area contributed by atoms with Crippen LogP contribution in [0.25, 0.3) is 0 Å². The Labute approximate surface area is 110 Å². The number of anilines is 1. The molecule has 0 bridgehead atoms. The monoisotopic (exact) mass is 251 g/mol. The highest BCUT2D eigenvalue weighted by atomic mass is 16.5. The lowest BCUT2D eigenvalue weighted by atomic mass is 10.2. The van der Waals surface area contributed by atoms with Gasteiger partial charge in [0.15, 0.2) is 11.6 Å². The third-order valence-corrected chi connectivity index (χ3v) is 2.62. The topological polar surface area (TPSA) is 37.4 Å². The summed E-state index contributed by atoms with van der Waals surface area (Å²) in [6, 6.07) is 4.25. The molecule has 102 valence electrons. The van der Waals surface area contributed by atoms with Crippen molar-refractivity contribution in [3.63, 3.8) is 0 Å². The average molecular weight is 251 g/mol. The fourth-order valence-electron chi connectivity index (χ4n) is 1.58. The van der Waals surface area contributed by atoms with Crippen LogP contribution >= 0.6 is 0 Å². The van der Waals surface area contributed by atoms with Gasteiger partial charge in [0.05, 0.1) is 6.61 Å². The van der Waals surface area contributed by atoms with Crippen LogP contribution in [0, 0.1) is 0 Å². The van der Waals surface area contributed by atoms with E-state index in [2.05, 4.69) is 43.1 Å². The first-order valence-electron chi connectivity index (χ1n) is 6.62. The highest BCUT2D eigenvalue weighted by Gasteiger charge is 2.08. The molecule has 0 amide bonds. The molecule has 1 aromatic rings. The van der Waals surface area contributed by atoms with Gasteiger partial charge in [-0.1, -0.05) is 6.92 Å². The zero-order valence-electron chi connectivity index (χ0n) is 11.9. The molecule has 0 radical (unpaired) electrons. The highest BCUT2D eigenvalue weighted by molar-refractivity contribution is 5.49. The summed E-state index contributed by atoms with van der Waals surface area (Å²) >= 11 is 0. The van der Waals surface area contributed by atoms with Crippen molar-refractivity contribution < 1.29 is 4.74 Å². The zero-order chi connectivity index (χ0) is 13.4. The molecule has 1 aromatic heterocycles. The minimum Gasteiger partial charge on any atom is -0.490 e. The molecule has 0 fully saturated rings. The lowest BCUT2D eigenvalue weighted by Gasteiger charge is -2.19. The van der Waals surface area contributed by atoms with E-state index in [0.29, 0.717) is 6.04 Å². The van der Waals surface area contributed by atoms with Crippen molar-refractivity contribution in [3.05, 3.63) is 18.3 Å². The molecule has 4 nitrogen and oxygen atoms in total. The summed E-state index contributed by atoms with van der Waals surface area (Å²) in [7, 11) is 4.17. The minimum absolute atomic E-state index is 0.381. The Bertz CT molecular complexity index is 342. The van der Waals surface area contributed by atoms with Crippen molar-refractivity contribution in [1.82, 2.24) is 9.88 Å². The molecular formula is C14H25N3O. The maximum Gasteiger partial charge on any atom is 0.168 e. The summed E-state index contributed by atoms with van der Waals surface area (Å²) in [6.07, 6.45) is 3.88. The molecular weight excluding hydrogens is 226 g/mol. The summed E-state index contributed by atoms with van der Waals surface area (Å²) in [5.41, 5.74) is 0. The minimum atomic E-state index is 0.381. The normalized spacial score (nSPS) is 12.5. The molecule has 1 N–H and O–H groups in total. The van der Waals surface area contributed by atoms with Crippen LogP contribution in [0.3, 0.4) is 0 Å². The summed E-state index contributed by atoms with van der Waals surface area (Å²) < 4.78 is 5.68. The molecule has 0 aromatic carbocycles. The molecule has 0 aliphatic carbocycles. The molecule has 1 rings (SSSR count). The van der Waals surface area contributed by atoms with Crippen LogP contribution < -0.4 is 10.1 Å². The van der Waals surface area contributed by atoms with Crippen LogP contribution in [0.1, 0.15) is 26.7 Å². The number of rotatable bonds is 8. The standard InChI is InChI=1S/C14H25N3O/c1-5-11-18-13-7-6-9-15-14(13)16-12(2)8-10-17(3)4/h6-7,9,12H,5,8,10-11H2,1-4H3,(H,15,16). The Kier molecular flexibility index (Phi) is 6.50. The Morgan fingerprint density at radius 2 is 2.22 bits per heavy atom. The number of hydrogen-bond acceptors (Lipinski definition) is 4. The van der Waals surface area contributed by atoms with Crippen molar-refractivity contribution in [2.24, 2.45) is 0 Å². The summed E-state index contributed by atoms with van der Waals surface area (Å²) in [5.74, 6) is 1.69. The summed E-state index contributed by atoms with van der Waals surface area (Å²) in [5, 5.41) is 3.41. The fraction of sp³-hybridized carbons (Fsp3) is 0.643. The highest BCUT2D eigenvalue weighted by Crippen LogP contribution is 2.22. The zero-order valence-corrected chi connectivity index (χ0v) is 11.9. The van der Waals surface area contributed by atoms with E-state index in [4.69, 9.17) is 4.74 Å². The molecule has 0 saturated carbocycles. The van der Waals surface area contributed by atoms with Crippen molar-refractivity contribution >= 4 is 5.82 Å². The van der Waals surface area contributed by atoms with Gasteiger partial charge in [0.2, 0.25) is 0 Å². The second-order valence-corrected chi connectivity index (χ2v) is 4.84. The molecule has 1 unspecified atom stereocenters. The Morgan fingerprint density at radius 1 is 1.44 bits per heavy atom. The van der Waals surface area contributed by atoms with Gasteiger partial charge in [-0.25, -0.2) is 4.98 Å². The number of nitrogens with zero attached hydrogens (tertiary/aromatic N) is 2. The number of pyridine rings is 1. The third kappa shape index (κ3) is 5.36. The van der Waals surface area contributed by atoms with E-state index in [0.717, 1.165) is 37.6 Å². The van der Waals surface area contributed by atoms with Crippen molar-refractivity contribution in [3.8, 4) is 5.75 Å². The van der Waals surface area contributed by atoms with Gasteiger partial charge in [0, 0.05) is 12.2 Å². The molecule has 1 atom stereocenters. The number of nitrogens with one attached hydrogen (secondary N) is 1. The molecule has 4 heteroatoms. The lowest BCUT2D eigenvalue weighted by molar-refractivity contribution is 0.317. The average Bonchev–Trinajstić information content (AvgIpc) is 2.35. The van der Waals surface area contributed by atoms with Gasteiger partial charge in [0.25, 0.3) is 0 Å². The predicted molar refractivity (Wildman–Crippen MR) is 76.3 cm³/mol. The van der Waals surface area contributed by atoms with Gasteiger partial charge in [-0.3, -0.25) is 0 Å². The van der Waals surface area contributed by atoms with E-state index < -0.39 is 0 Å². The van der Waals surface area contributed by atoms with Crippen molar-refractivity contribution in [2.45, 2.75) is 32.7 Å². The molecule has 1 heterocycles. The SMILES string of the molecule is CCCOc1cccnc1NC(C)CCN(C)C. The molecule has 0 spiro atoms. The predicted octanol–water partition coefficient (Wildman–Crippen LogP) is 2.62. The quantitative estimate of drug-likeness (QED) is 0.770. The number of hydrogen-bond donors (Lipinski definition) is 1. The molecule has 0 aliphatic rings. The first kappa shape index (κ1) is 14.8. The van der Waals surface area contributed by atoms with Gasteiger partial charge >= 0.3 is 0 Å². The number of ether oxygens (including phenoxy) is 1. The van der Waals surface area contributed by atoms with E-state index in [1.807, 2.05) is 12.1 Å². The van der Waals surface area contributed by atoms with Crippen LogP contribution in [-0.4, -0.2) is 43.2 Å². The van der Waals surface area contributed by atoms with E-state index in [9.17, 15) is 0 Å². The van der Waals surface area contributed by atoms with Crippen LogP contribution in [0.4, 0.5) is 5.82 Å². The van der Waals surface area contributed by atoms with Crippen LogP contribution in [-0.2, 0) is 0 Å². The Hall–Kier alpha value is -1.29. The largest absolute Gasteiger partial charge is 0.490 e. The van der Waals surface area contributed by atoms with Gasteiger partial charge in [0.1, 0.15) is 0 Å². The maximum absolute atomic E-state index is 5.68. The first-order chi connectivity index (χ1) is 8.63. The van der Waals surface area contributed by atoms with Crippen molar-refractivity contribution in [2.75, 3.05) is 32.6 Å². The van der Waals surface area contributed by atoms with Crippen LogP contribution in [0.2, 0.25) is 0 Å². The van der Waals surface area contributed by atoms with E-state index in [-0.39, 0.29) is 0 Å². The van der Waals surface area contributed by atoms with Gasteiger partial charge in [-0.15, -0.1) is 0 Å². The third-order valence-electron chi connectivity index (χ3n) is 2.62. The van der Waals surface area contributed by atoms with E-state index in [1.54, 1.807) is 6.20 Å². The maximum atomic E-state index is 5.68. The van der Waals surface area contributed by atoms with E-state index in [1.165, 1.54) is 0 Å². The molecule has 0 aliphatic heterocycles. The van der Waals surface area contributed by atoms with E-state index >= 15 is 0 Å². The second kappa shape index (κ2) is 7.93. The number of aromatic nitrogens is 1. The molecule has 0 saturated heterocycles. The van der Waals surface area contributed by atoms with Gasteiger partial charge in [-0.05, 0) is 52.5 Å². The van der Waals surface area contributed by atoms with Gasteiger partial charge < -0.3 is 15.0 Å². The smallest absolute Gasteiger partial charge is 0.168 e. The van der Waals surface area contributed by atoms with Crippen LogP contribution in [0.5, 0.6) is 5.75 Å². The Balaban J connectivity index is 2.54. The van der Waals surface area contributed by atoms with Gasteiger partial charge in [-0.2, -0.15) is 0 Å². The lowest BCUT2D eigenvalue weighted by Crippen LogP contribution is -2.23. The second-order valence-electron chi connectivity index (χ2n) is 4.84.